The van der Waals surface area contributed by atoms with Crippen LogP contribution in [0.2, 0.25) is 0 Å². The molecule has 1 aliphatic rings. The van der Waals surface area contributed by atoms with E-state index in [1.54, 1.807) is 0 Å². The van der Waals surface area contributed by atoms with Crippen molar-refractivity contribution in [1.82, 2.24) is 0 Å². The van der Waals surface area contributed by atoms with Crippen LogP contribution in [0.25, 0.3) is 0 Å². The van der Waals surface area contributed by atoms with Gasteiger partial charge in [0.1, 0.15) is 0 Å². The molecule has 0 atom stereocenters. The van der Waals surface area contributed by atoms with Gasteiger partial charge in [-0.2, -0.15) is 0 Å². The van der Waals surface area contributed by atoms with Crippen LogP contribution in [0.15, 0.2) is 23.3 Å². The van der Waals surface area contributed by atoms with Crippen molar-refractivity contribution in [2.24, 2.45) is 0 Å². The van der Waals surface area contributed by atoms with Gasteiger partial charge in [0.2, 0.25) is 0 Å². The van der Waals surface area contributed by atoms with Crippen molar-refractivity contribution in [2.75, 3.05) is 0 Å². The Morgan fingerprint density at radius 2 is 1.80 bits per heavy atom. The number of halogens is 1. The third kappa shape index (κ3) is 4.25. The molecule has 0 spiro atoms. The molecule has 0 saturated carbocycles. The molecule has 0 N–H and O–H groups in total. The van der Waals surface area contributed by atoms with Crippen LogP contribution < -0.4 is 0 Å². The van der Waals surface area contributed by atoms with E-state index in [1.807, 2.05) is 0 Å². The molecule has 0 aliphatic heterocycles. The third-order valence-electron chi connectivity index (χ3n) is 1.42. The average Bonchev–Trinajstić information content (AvgIpc) is 1.79. The minimum absolute atomic E-state index is 0. The van der Waals surface area contributed by atoms with Gasteiger partial charge >= 0.3 is 19.5 Å². The standard InChI is InChI=1S/C8H11Cl.Ru/c9-8-6-4-2-1-3-5-7-8;/h1-2,7H,3-6H2;/q;+1. The summed E-state index contributed by atoms with van der Waals surface area (Å²) in [5.41, 5.74) is 0. The monoisotopic (exact) mass is 244 g/mol. The summed E-state index contributed by atoms with van der Waals surface area (Å²) in [6.45, 7) is 0. The first-order valence-electron chi connectivity index (χ1n) is 3.39. The van der Waals surface area contributed by atoms with Gasteiger partial charge in [0.25, 0.3) is 0 Å². The maximum atomic E-state index is 5.82. The van der Waals surface area contributed by atoms with Crippen LogP contribution in [-0.2, 0) is 19.5 Å². The molecule has 57 valence electrons. The molecule has 0 bridgehead atoms. The van der Waals surface area contributed by atoms with E-state index in [2.05, 4.69) is 18.2 Å². The molecule has 0 amide bonds. The topological polar surface area (TPSA) is 0 Å². The van der Waals surface area contributed by atoms with Crippen molar-refractivity contribution in [3.63, 3.8) is 0 Å². The van der Waals surface area contributed by atoms with Crippen LogP contribution in [0.3, 0.4) is 0 Å². The Kier molecular flexibility index (Phi) is 6.37. The molecule has 2 heteroatoms. The quantitative estimate of drug-likeness (QED) is 0.453. The van der Waals surface area contributed by atoms with Crippen LogP contribution in [-0.4, -0.2) is 0 Å². The SMILES string of the molecule is ClC1=CCCC=CCC1.[Ru+]. The molecule has 0 unspecified atom stereocenters. The van der Waals surface area contributed by atoms with Crippen LogP contribution in [0.5, 0.6) is 0 Å². The van der Waals surface area contributed by atoms with E-state index >= 15 is 0 Å². The van der Waals surface area contributed by atoms with E-state index in [0.717, 1.165) is 30.7 Å². The maximum absolute atomic E-state index is 5.82. The Hall–Kier alpha value is 0.393. The van der Waals surface area contributed by atoms with Crippen molar-refractivity contribution >= 4 is 11.6 Å². The Labute approximate surface area is 80.1 Å². The molecule has 10 heavy (non-hydrogen) atoms. The van der Waals surface area contributed by atoms with Crippen LogP contribution in [0.4, 0.5) is 0 Å². The fraction of sp³-hybridized carbons (Fsp3) is 0.500. The minimum Gasteiger partial charge on any atom is -0.0895 e. The van der Waals surface area contributed by atoms with E-state index in [-0.39, 0.29) is 19.5 Å². The second-order valence-corrected chi connectivity index (χ2v) is 2.72. The largest absolute Gasteiger partial charge is 1.00 e. The summed E-state index contributed by atoms with van der Waals surface area (Å²) in [4.78, 5) is 0. The first-order chi connectivity index (χ1) is 4.39. The molecule has 0 nitrogen and oxygen atoms in total. The van der Waals surface area contributed by atoms with Crippen molar-refractivity contribution in [1.29, 1.82) is 0 Å². The molecule has 0 fully saturated rings. The van der Waals surface area contributed by atoms with Gasteiger partial charge in [-0.15, -0.1) is 0 Å². The fourth-order valence-corrected chi connectivity index (χ4v) is 1.11. The second-order valence-electron chi connectivity index (χ2n) is 2.24. The molecule has 0 heterocycles. The Bertz CT molecular complexity index is 138. The first kappa shape index (κ1) is 10.4. The van der Waals surface area contributed by atoms with Crippen LogP contribution in [0.1, 0.15) is 25.7 Å². The third-order valence-corrected chi connectivity index (χ3v) is 1.76. The summed E-state index contributed by atoms with van der Waals surface area (Å²) in [7, 11) is 0. The number of hydrogen-bond donors (Lipinski definition) is 0. The van der Waals surface area contributed by atoms with Crippen molar-refractivity contribution < 1.29 is 19.5 Å². The smallest absolute Gasteiger partial charge is 0.0895 e. The van der Waals surface area contributed by atoms with Gasteiger partial charge in [-0.25, -0.2) is 0 Å². The zero-order chi connectivity index (χ0) is 6.53. The Morgan fingerprint density at radius 1 is 1.10 bits per heavy atom. The van der Waals surface area contributed by atoms with E-state index in [0.29, 0.717) is 0 Å². The molecule has 1 rings (SSSR count). The summed E-state index contributed by atoms with van der Waals surface area (Å²) in [6.07, 6.45) is 10.9. The predicted molar refractivity (Wildman–Crippen MR) is 41.5 cm³/mol. The molecular weight excluding hydrogens is 233 g/mol. The van der Waals surface area contributed by atoms with Gasteiger partial charge in [0.05, 0.1) is 0 Å². The number of allylic oxidation sites excluding steroid dienone is 4. The van der Waals surface area contributed by atoms with Gasteiger partial charge in [-0.05, 0) is 25.7 Å². The molecule has 0 aromatic heterocycles. The Morgan fingerprint density at radius 3 is 2.60 bits per heavy atom. The van der Waals surface area contributed by atoms with Crippen LogP contribution >= 0.6 is 11.6 Å². The average molecular weight is 244 g/mol. The van der Waals surface area contributed by atoms with E-state index in [9.17, 15) is 0 Å². The summed E-state index contributed by atoms with van der Waals surface area (Å²) in [5.74, 6) is 0. The molecular formula is C8H11ClRu+. The van der Waals surface area contributed by atoms with E-state index in [1.165, 1.54) is 0 Å². The van der Waals surface area contributed by atoms with Gasteiger partial charge in [0.15, 0.2) is 0 Å². The summed E-state index contributed by atoms with van der Waals surface area (Å²) in [5, 5.41) is 1.03. The van der Waals surface area contributed by atoms with E-state index in [4.69, 9.17) is 11.6 Å². The normalized spacial score (nSPS) is 18.3. The summed E-state index contributed by atoms with van der Waals surface area (Å²) < 4.78 is 0. The second kappa shape index (κ2) is 6.13. The van der Waals surface area contributed by atoms with Crippen LogP contribution in [0, 0.1) is 0 Å². The molecule has 0 saturated heterocycles. The van der Waals surface area contributed by atoms with Crippen molar-refractivity contribution in [3.8, 4) is 0 Å². The molecule has 0 aromatic carbocycles. The Balaban J connectivity index is 0.000000810. The predicted octanol–water partition coefficient (Wildman–Crippen LogP) is 3.24. The summed E-state index contributed by atoms with van der Waals surface area (Å²) >= 11 is 5.82. The van der Waals surface area contributed by atoms with Gasteiger partial charge in [-0.3, -0.25) is 0 Å². The van der Waals surface area contributed by atoms with Gasteiger partial charge in [-0.1, -0.05) is 29.8 Å². The van der Waals surface area contributed by atoms with Gasteiger partial charge < -0.3 is 0 Å². The number of rotatable bonds is 0. The maximum Gasteiger partial charge on any atom is 1.00 e. The fourth-order valence-electron chi connectivity index (χ4n) is 0.895. The molecule has 1 radical (unpaired) electrons. The minimum atomic E-state index is 0. The zero-order valence-electron chi connectivity index (χ0n) is 5.79. The molecule has 0 aromatic rings. The van der Waals surface area contributed by atoms with Gasteiger partial charge in [0, 0.05) is 5.03 Å². The van der Waals surface area contributed by atoms with E-state index < -0.39 is 0 Å². The van der Waals surface area contributed by atoms with Crippen molar-refractivity contribution in [2.45, 2.75) is 25.7 Å². The summed E-state index contributed by atoms with van der Waals surface area (Å²) in [6, 6.07) is 0. The first-order valence-corrected chi connectivity index (χ1v) is 3.77. The van der Waals surface area contributed by atoms with Crippen molar-refractivity contribution in [3.05, 3.63) is 23.3 Å². The number of hydrogen-bond acceptors (Lipinski definition) is 0. The molecule has 1 aliphatic carbocycles. The zero-order valence-corrected chi connectivity index (χ0v) is 8.29.